The van der Waals surface area contributed by atoms with Gasteiger partial charge in [0.25, 0.3) is 0 Å². The van der Waals surface area contributed by atoms with Crippen molar-refractivity contribution in [3.05, 3.63) is 134 Å². The lowest BCUT2D eigenvalue weighted by molar-refractivity contribution is -0.162. The quantitative estimate of drug-likeness (QED) is 0.0345. The zero-order chi connectivity index (χ0) is 50.6. The molecule has 0 aromatic heterocycles. The van der Waals surface area contributed by atoms with Crippen molar-refractivity contribution in [1.29, 1.82) is 0 Å². The molecule has 0 spiro atoms. The van der Waals surface area contributed by atoms with Crippen molar-refractivity contribution in [1.82, 2.24) is 0 Å². The summed E-state index contributed by atoms with van der Waals surface area (Å²) in [7, 11) is 0. The third kappa shape index (κ3) is 56.6. The lowest BCUT2D eigenvalue weighted by Crippen LogP contribution is -2.30. The van der Waals surface area contributed by atoms with Crippen molar-refractivity contribution in [3.8, 4) is 0 Å². The van der Waals surface area contributed by atoms with Crippen LogP contribution in [0.4, 0.5) is 0 Å². The Morgan fingerprint density at radius 2 is 0.657 bits per heavy atom. The van der Waals surface area contributed by atoms with Crippen LogP contribution in [0.5, 0.6) is 0 Å². The molecular weight excluding hydrogens is 861 g/mol. The molecular formula is C65H106O5. The number of carbonyl (C=O) groups excluding carboxylic acids is 2. The van der Waals surface area contributed by atoms with E-state index in [-0.39, 0.29) is 31.6 Å². The number of hydrogen-bond donors (Lipinski definition) is 0. The van der Waals surface area contributed by atoms with Crippen LogP contribution in [-0.4, -0.2) is 37.9 Å². The standard InChI is InChI=1S/C65H106O5/c1-4-7-10-13-16-19-22-25-28-31-33-35-37-40-43-46-49-52-55-58-64(66)69-62-63(61-68-60-57-54-51-48-45-42-39-36-32-29-26-23-20-17-14-11-8-5-2)70-65(67)59-56-53-50-47-44-41-38-34-30-27-24-21-18-15-12-9-6-3/h7,9-10,12,16,18-19,21,25,27-28,30,33,35,38,40-41,43,47,49-50,52,63H,4-6,8,11,13-15,17,20,22-24,26,29,31-32,34,36-37,39,42,44-46,48,51,53-62H2,1-3H3/b10-7-,12-9-,19-16-,21-18-,28-25-,30-27-,35-33-,41-38-,43-40-,50-47-,52-49-. The van der Waals surface area contributed by atoms with Gasteiger partial charge in [-0.05, 0) is 96.3 Å². The number of carbonyl (C=O) groups is 2. The smallest absolute Gasteiger partial charge is 0.306 e. The summed E-state index contributed by atoms with van der Waals surface area (Å²) in [5, 5.41) is 0. The molecule has 5 heteroatoms. The maximum absolute atomic E-state index is 12.8. The zero-order valence-corrected chi connectivity index (χ0v) is 45.5. The summed E-state index contributed by atoms with van der Waals surface area (Å²) < 4.78 is 17.4. The molecule has 70 heavy (non-hydrogen) atoms. The van der Waals surface area contributed by atoms with Crippen LogP contribution in [0.1, 0.15) is 239 Å². The van der Waals surface area contributed by atoms with Gasteiger partial charge >= 0.3 is 11.9 Å². The second-order valence-electron chi connectivity index (χ2n) is 18.4. The van der Waals surface area contributed by atoms with Gasteiger partial charge in [-0.1, -0.05) is 264 Å². The van der Waals surface area contributed by atoms with Gasteiger partial charge in [-0.25, -0.2) is 0 Å². The van der Waals surface area contributed by atoms with E-state index in [0.717, 1.165) is 89.9 Å². The SMILES string of the molecule is CC/C=C\C/C=C\C/C=C\C/C=C\C/C=C\C/C=C\CCC(=O)OCC(COCCCCCCCCCCCCCCCCCCCC)OC(=O)CCC/C=C\C/C=C\C/C=C\C/C=C\C/C=C\CC. The largest absolute Gasteiger partial charge is 0.462 e. The molecule has 0 saturated heterocycles. The molecule has 0 fully saturated rings. The number of allylic oxidation sites excluding steroid dienone is 22. The van der Waals surface area contributed by atoms with E-state index in [2.05, 4.69) is 148 Å². The van der Waals surface area contributed by atoms with Crippen LogP contribution in [0.3, 0.4) is 0 Å². The molecule has 0 aliphatic rings. The van der Waals surface area contributed by atoms with Crippen molar-refractivity contribution in [2.24, 2.45) is 0 Å². The number of rotatable bonds is 51. The maximum Gasteiger partial charge on any atom is 0.306 e. The van der Waals surface area contributed by atoms with Crippen LogP contribution in [0.25, 0.3) is 0 Å². The van der Waals surface area contributed by atoms with Crippen LogP contribution in [0.2, 0.25) is 0 Å². The molecule has 0 saturated carbocycles. The molecule has 5 nitrogen and oxygen atoms in total. The molecule has 396 valence electrons. The topological polar surface area (TPSA) is 61.8 Å². The van der Waals surface area contributed by atoms with Gasteiger partial charge in [-0.2, -0.15) is 0 Å². The Hall–Kier alpha value is -3.96. The zero-order valence-electron chi connectivity index (χ0n) is 45.5. The van der Waals surface area contributed by atoms with Crippen LogP contribution >= 0.6 is 0 Å². The Bertz CT molecular complexity index is 1470. The Morgan fingerprint density at radius 3 is 1.03 bits per heavy atom. The Kier molecular flexibility index (Phi) is 56.0. The molecule has 0 N–H and O–H groups in total. The van der Waals surface area contributed by atoms with Gasteiger partial charge in [-0.15, -0.1) is 0 Å². The second-order valence-corrected chi connectivity index (χ2v) is 18.4. The fourth-order valence-electron chi connectivity index (χ4n) is 7.51. The molecule has 1 unspecified atom stereocenters. The number of esters is 2. The van der Waals surface area contributed by atoms with Crippen molar-refractivity contribution in [3.63, 3.8) is 0 Å². The molecule has 0 aliphatic carbocycles. The first kappa shape index (κ1) is 66.0. The number of ether oxygens (including phenoxy) is 3. The molecule has 0 aliphatic heterocycles. The summed E-state index contributed by atoms with van der Waals surface area (Å²) in [4.78, 5) is 25.5. The van der Waals surface area contributed by atoms with Crippen LogP contribution in [-0.2, 0) is 23.8 Å². The number of unbranched alkanes of at least 4 members (excludes halogenated alkanes) is 18. The van der Waals surface area contributed by atoms with Gasteiger partial charge in [-0.3, -0.25) is 9.59 Å². The minimum atomic E-state index is -0.605. The van der Waals surface area contributed by atoms with Gasteiger partial charge in [0.05, 0.1) is 6.61 Å². The van der Waals surface area contributed by atoms with E-state index in [9.17, 15) is 9.59 Å². The number of hydrogen-bond acceptors (Lipinski definition) is 5. The first-order valence-corrected chi connectivity index (χ1v) is 28.7. The normalized spacial score (nSPS) is 13.2. The van der Waals surface area contributed by atoms with E-state index in [0.29, 0.717) is 25.9 Å². The van der Waals surface area contributed by atoms with Crippen molar-refractivity contribution >= 4 is 11.9 Å². The molecule has 0 rings (SSSR count). The van der Waals surface area contributed by atoms with Crippen molar-refractivity contribution in [2.75, 3.05) is 19.8 Å². The fraction of sp³-hybridized carbons (Fsp3) is 0.631. The summed E-state index contributed by atoms with van der Waals surface area (Å²) in [5.74, 6) is -0.564. The fourth-order valence-corrected chi connectivity index (χ4v) is 7.51. The lowest BCUT2D eigenvalue weighted by Gasteiger charge is -2.18. The highest BCUT2D eigenvalue weighted by atomic mass is 16.6. The van der Waals surface area contributed by atoms with Crippen LogP contribution < -0.4 is 0 Å². The summed E-state index contributed by atoms with van der Waals surface area (Å²) in [6, 6.07) is 0. The maximum atomic E-state index is 12.8. The van der Waals surface area contributed by atoms with E-state index >= 15 is 0 Å². The average Bonchev–Trinajstić information content (AvgIpc) is 3.36. The van der Waals surface area contributed by atoms with E-state index in [1.165, 1.54) is 103 Å². The Balaban J connectivity index is 4.48. The highest BCUT2D eigenvalue weighted by Gasteiger charge is 2.17. The van der Waals surface area contributed by atoms with Gasteiger partial charge in [0.15, 0.2) is 6.10 Å². The minimum absolute atomic E-state index is 0.0161. The van der Waals surface area contributed by atoms with E-state index in [4.69, 9.17) is 14.2 Å². The molecule has 0 bridgehead atoms. The predicted octanol–water partition coefficient (Wildman–Crippen LogP) is 19.9. The summed E-state index contributed by atoms with van der Waals surface area (Å²) in [6.45, 7) is 7.47. The third-order valence-corrected chi connectivity index (χ3v) is 11.7. The molecule has 0 heterocycles. The Labute approximate surface area is 432 Å². The van der Waals surface area contributed by atoms with E-state index in [1.54, 1.807) is 0 Å². The van der Waals surface area contributed by atoms with Crippen LogP contribution in [0, 0.1) is 0 Å². The van der Waals surface area contributed by atoms with Gasteiger partial charge in [0, 0.05) is 19.4 Å². The molecule has 0 radical (unpaired) electrons. The Morgan fingerprint density at radius 1 is 0.329 bits per heavy atom. The monoisotopic (exact) mass is 967 g/mol. The summed E-state index contributed by atoms with van der Waals surface area (Å²) in [5.41, 5.74) is 0. The van der Waals surface area contributed by atoms with Gasteiger partial charge < -0.3 is 14.2 Å². The predicted molar refractivity (Wildman–Crippen MR) is 306 cm³/mol. The first-order chi connectivity index (χ1) is 34.6. The molecule has 0 amide bonds. The highest BCUT2D eigenvalue weighted by molar-refractivity contribution is 5.70. The van der Waals surface area contributed by atoms with Crippen molar-refractivity contribution in [2.45, 2.75) is 245 Å². The molecule has 1 atom stereocenters. The molecule has 0 aromatic carbocycles. The highest BCUT2D eigenvalue weighted by Crippen LogP contribution is 2.15. The van der Waals surface area contributed by atoms with Gasteiger partial charge in [0.2, 0.25) is 0 Å². The van der Waals surface area contributed by atoms with E-state index < -0.39 is 6.10 Å². The third-order valence-electron chi connectivity index (χ3n) is 11.7. The first-order valence-electron chi connectivity index (χ1n) is 28.7. The second kappa shape index (κ2) is 59.3. The van der Waals surface area contributed by atoms with Gasteiger partial charge in [0.1, 0.15) is 6.61 Å². The molecule has 0 aromatic rings. The minimum Gasteiger partial charge on any atom is -0.462 e. The summed E-state index contributed by atoms with van der Waals surface area (Å²) in [6.07, 6.45) is 84.9. The van der Waals surface area contributed by atoms with Crippen molar-refractivity contribution < 1.29 is 23.8 Å². The lowest BCUT2D eigenvalue weighted by atomic mass is 10.0. The van der Waals surface area contributed by atoms with E-state index in [1.807, 2.05) is 6.08 Å². The van der Waals surface area contributed by atoms with Crippen LogP contribution in [0.15, 0.2) is 134 Å². The average molecular weight is 968 g/mol. The summed E-state index contributed by atoms with van der Waals surface area (Å²) >= 11 is 0.